The molecule has 0 N–H and O–H groups in total. The zero-order chi connectivity index (χ0) is 22.6. The first-order valence-corrected chi connectivity index (χ1v) is 14.2. The van der Waals surface area contributed by atoms with Crippen LogP contribution >= 0.6 is 139 Å². The molecule has 172 valence electrons. The summed E-state index contributed by atoms with van der Waals surface area (Å²) >= 11 is 83.8. The van der Waals surface area contributed by atoms with E-state index >= 15 is 0 Å². The second kappa shape index (κ2) is 6.67. The lowest BCUT2D eigenvalue weighted by molar-refractivity contribution is 0.0663. The van der Waals surface area contributed by atoms with Gasteiger partial charge in [-0.25, -0.2) is 0 Å². The lowest BCUT2D eigenvalue weighted by atomic mass is 9.58. The normalized spacial score (nSPS) is 62.0. The molecule has 5 rings (SSSR count). The molecule has 30 heavy (non-hydrogen) atoms. The Labute approximate surface area is 236 Å². The zero-order valence-corrected chi connectivity index (χ0v) is 24.2. The molecule has 0 amide bonds. The van der Waals surface area contributed by atoms with E-state index in [1.807, 2.05) is 0 Å². The summed E-state index contributed by atoms with van der Waals surface area (Å²) in [6, 6.07) is 0. The summed E-state index contributed by atoms with van der Waals surface area (Å²) in [5, 5.41) is -0.865. The van der Waals surface area contributed by atoms with E-state index in [-0.39, 0.29) is 18.3 Å². The SMILES string of the molecule is ClC1C2CCCCC2C2C3(Cl)CC3(Cl)C3(Cl)CC3(Cl)C2(Cl)C(Cl)(Cl)C(Cl)(Cl)C1(Cl)Cl. The van der Waals surface area contributed by atoms with Crippen LogP contribution in [0.4, 0.5) is 0 Å². The summed E-state index contributed by atoms with van der Waals surface area (Å²) in [6.07, 6.45) is 4.04. The topological polar surface area (TPSA) is 0 Å². The Balaban J connectivity index is 1.82. The molecule has 0 aromatic heterocycles. The number of rotatable bonds is 0. The van der Waals surface area contributed by atoms with E-state index in [2.05, 4.69) is 0 Å². The maximum Gasteiger partial charge on any atom is 0.186 e. The number of hydrogen-bond donors (Lipinski definition) is 0. The van der Waals surface area contributed by atoms with Gasteiger partial charge in [-0.15, -0.1) is 69.6 Å². The van der Waals surface area contributed by atoms with Crippen molar-refractivity contribution < 1.29 is 0 Å². The van der Waals surface area contributed by atoms with Crippen molar-refractivity contribution in [2.75, 3.05) is 0 Å². The predicted octanol–water partition coefficient (Wildman–Crippen LogP) is 9.26. The standard InChI is InChI=1S/C18H16Cl12/c19-10-8-4-2-1-3-7(8)9-11(20)5-12(11,21)13(22)6-14(13,23)15(9,24)17(27,28)18(29,30)16(10,25)26/h7-10H,1-6H2. The predicted molar refractivity (Wildman–Crippen MR) is 134 cm³/mol. The van der Waals surface area contributed by atoms with Crippen molar-refractivity contribution in [1.29, 1.82) is 0 Å². The van der Waals surface area contributed by atoms with Crippen LogP contribution in [0, 0.1) is 17.8 Å². The highest BCUT2D eigenvalue weighted by Gasteiger charge is 3.01. The highest BCUT2D eigenvalue weighted by molar-refractivity contribution is 6.73. The first-order valence-electron chi connectivity index (χ1n) is 9.64. The van der Waals surface area contributed by atoms with Crippen LogP contribution < -0.4 is 0 Å². The lowest BCUT2D eigenvalue weighted by Gasteiger charge is -2.63. The number of hydrogen-bond acceptors (Lipinski definition) is 0. The second-order valence-corrected chi connectivity index (χ2v) is 17.3. The molecule has 5 fully saturated rings. The largest absolute Gasteiger partial charge is 0.186 e. The maximum atomic E-state index is 7.47. The highest BCUT2D eigenvalue weighted by Crippen LogP contribution is 2.92. The minimum Gasteiger partial charge on any atom is -0.119 e. The van der Waals surface area contributed by atoms with Gasteiger partial charge in [-0.3, -0.25) is 0 Å². The van der Waals surface area contributed by atoms with Crippen molar-refractivity contribution in [3.8, 4) is 0 Å². The number of fused-ring (bicyclic) bond motifs is 8. The van der Waals surface area contributed by atoms with Crippen LogP contribution in [0.15, 0.2) is 0 Å². The highest BCUT2D eigenvalue weighted by atomic mass is 35.6. The van der Waals surface area contributed by atoms with Gasteiger partial charge in [0, 0.05) is 5.92 Å². The summed E-state index contributed by atoms with van der Waals surface area (Å²) in [5.41, 5.74) is 0. The Morgan fingerprint density at radius 3 is 1.67 bits per heavy atom. The van der Waals surface area contributed by atoms with Crippen molar-refractivity contribution in [2.45, 2.75) is 81.3 Å². The van der Waals surface area contributed by atoms with E-state index in [4.69, 9.17) is 139 Å². The van der Waals surface area contributed by atoms with Crippen LogP contribution in [0.5, 0.6) is 0 Å². The third-order valence-electron chi connectivity index (χ3n) is 8.45. The monoisotopic (exact) mass is 652 g/mol. The fourth-order valence-corrected chi connectivity index (χ4v) is 13.3. The first kappa shape index (κ1) is 25.1. The van der Waals surface area contributed by atoms with Crippen LogP contribution in [0.25, 0.3) is 0 Å². The van der Waals surface area contributed by atoms with Gasteiger partial charge in [0.25, 0.3) is 0 Å². The Morgan fingerprint density at radius 1 is 0.567 bits per heavy atom. The maximum absolute atomic E-state index is 7.47. The Hall–Kier alpha value is 3.48. The first-order chi connectivity index (χ1) is 13.4. The Kier molecular flexibility index (Phi) is 5.59. The molecule has 9 atom stereocenters. The van der Waals surface area contributed by atoms with Gasteiger partial charge in [0.1, 0.15) is 4.87 Å². The molecule has 0 heterocycles. The molecule has 0 spiro atoms. The van der Waals surface area contributed by atoms with Gasteiger partial charge in [-0.1, -0.05) is 82.4 Å². The molecule has 0 nitrogen and oxygen atoms in total. The van der Waals surface area contributed by atoms with Gasteiger partial charge in [0.2, 0.25) is 0 Å². The fourth-order valence-electron chi connectivity index (χ4n) is 6.78. The van der Waals surface area contributed by atoms with E-state index in [9.17, 15) is 0 Å². The minimum atomic E-state index is -2.21. The van der Waals surface area contributed by atoms with Gasteiger partial charge < -0.3 is 0 Å². The molecule has 0 aromatic carbocycles. The van der Waals surface area contributed by atoms with Gasteiger partial charge >= 0.3 is 0 Å². The van der Waals surface area contributed by atoms with E-state index in [0.717, 1.165) is 25.7 Å². The summed E-state index contributed by atoms with van der Waals surface area (Å²) in [7, 11) is 0. The van der Waals surface area contributed by atoms with Crippen LogP contribution in [-0.2, 0) is 0 Å². The Bertz CT molecular complexity index is 815. The third-order valence-corrected chi connectivity index (χ3v) is 17.9. The molecule has 5 aliphatic carbocycles. The van der Waals surface area contributed by atoms with E-state index < -0.39 is 48.7 Å². The molecule has 5 saturated carbocycles. The molecule has 5 aliphatic rings. The Morgan fingerprint density at radius 2 is 1.10 bits per heavy atom. The van der Waals surface area contributed by atoms with Crippen molar-refractivity contribution in [3.63, 3.8) is 0 Å². The van der Waals surface area contributed by atoms with Gasteiger partial charge in [-0.05, 0) is 37.5 Å². The molecule has 0 saturated heterocycles. The average molecular weight is 658 g/mol. The summed E-state index contributed by atoms with van der Waals surface area (Å²) in [5.74, 6) is -0.910. The quantitative estimate of drug-likeness (QED) is 0.228. The molecule has 0 radical (unpaired) electrons. The number of halogens is 12. The van der Waals surface area contributed by atoms with Crippen molar-refractivity contribution in [1.82, 2.24) is 0 Å². The van der Waals surface area contributed by atoms with E-state index in [0.29, 0.717) is 6.42 Å². The van der Waals surface area contributed by atoms with Crippen LogP contribution in [-0.4, -0.2) is 42.7 Å². The van der Waals surface area contributed by atoms with Crippen LogP contribution in [0.2, 0.25) is 0 Å². The van der Waals surface area contributed by atoms with Crippen molar-refractivity contribution in [3.05, 3.63) is 0 Å². The molecule has 9 unspecified atom stereocenters. The average Bonchev–Trinajstić information content (AvgIpc) is 3.45. The third kappa shape index (κ3) is 2.35. The molecule has 0 bridgehead atoms. The lowest BCUT2D eigenvalue weighted by Crippen LogP contribution is -2.76. The van der Waals surface area contributed by atoms with Crippen molar-refractivity contribution >= 4 is 139 Å². The molecule has 0 aromatic rings. The van der Waals surface area contributed by atoms with Crippen molar-refractivity contribution in [2.24, 2.45) is 17.8 Å². The zero-order valence-electron chi connectivity index (χ0n) is 15.1. The summed E-state index contributed by atoms with van der Waals surface area (Å²) < 4.78 is -6.32. The van der Waals surface area contributed by atoms with Crippen LogP contribution in [0.1, 0.15) is 38.5 Å². The van der Waals surface area contributed by atoms with Crippen LogP contribution in [0.3, 0.4) is 0 Å². The number of alkyl halides is 12. The second-order valence-electron chi connectivity index (χ2n) is 9.59. The minimum absolute atomic E-state index is 0.146. The smallest absolute Gasteiger partial charge is 0.119 e. The molecular weight excluding hydrogens is 642 g/mol. The fraction of sp³-hybridized carbons (Fsp3) is 1.00. The van der Waals surface area contributed by atoms with Gasteiger partial charge in [0.05, 0.1) is 24.9 Å². The summed E-state index contributed by atoms with van der Waals surface area (Å²) in [4.78, 5) is -6.09. The van der Waals surface area contributed by atoms with Gasteiger partial charge in [0.15, 0.2) is 13.0 Å². The molecule has 12 heteroatoms. The van der Waals surface area contributed by atoms with E-state index in [1.54, 1.807) is 0 Å². The molecular formula is C18H16Cl12. The van der Waals surface area contributed by atoms with E-state index in [1.165, 1.54) is 0 Å². The van der Waals surface area contributed by atoms with Gasteiger partial charge in [-0.2, -0.15) is 0 Å². The molecule has 0 aliphatic heterocycles. The summed E-state index contributed by atoms with van der Waals surface area (Å²) in [6.45, 7) is 0.